The minimum atomic E-state index is 0.229. The Labute approximate surface area is 62.2 Å². The molecule has 0 unspecified atom stereocenters. The van der Waals surface area contributed by atoms with E-state index < -0.39 is 0 Å². The lowest BCUT2D eigenvalue weighted by molar-refractivity contribution is -0.132. The zero-order valence-corrected chi connectivity index (χ0v) is 6.76. The Hall–Kier alpha value is -0.530. The molecule has 0 bridgehead atoms. The van der Waals surface area contributed by atoms with E-state index in [1.807, 2.05) is 11.8 Å². The van der Waals surface area contributed by atoms with Crippen molar-refractivity contribution >= 4 is 5.91 Å². The Morgan fingerprint density at radius 2 is 2.20 bits per heavy atom. The molecule has 0 aromatic heterocycles. The van der Waals surface area contributed by atoms with E-state index in [9.17, 15) is 4.79 Å². The second-order valence-electron chi connectivity index (χ2n) is 2.89. The number of nitrogens with zero attached hydrogens (tertiary/aromatic N) is 1. The molecule has 1 aliphatic carbocycles. The van der Waals surface area contributed by atoms with Gasteiger partial charge in [-0.2, -0.15) is 0 Å². The van der Waals surface area contributed by atoms with E-state index in [1.54, 1.807) is 6.92 Å². The third kappa shape index (κ3) is 1.31. The van der Waals surface area contributed by atoms with E-state index in [4.69, 9.17) is 0 Å². The summed E-state index contributed by atoms with van der Waals surface area (Å²) in [4.78, 5) is 12.9. The summed E-state index contributed by atoms with van der Waals surface area (Å²) in [6.07, 6.45) is 3.73. The number of hydrogen-bond donors (Lipinski definition) is 0. The number of carbonyl (C=O) groups excluding carboxylic acids is 1. The van der Waals surface area contributed by atoms with Gasteiger partial charge in [-0.1, -0.05) is 0 Å². The highest BCUT2D eigenvalue weighted by Crippen LogP contribution is 2.24. The normalized spacial score (nSPS) is 18.2. The van der Waals surface area contributed by atoms with Gasteiger partial charge in [-0.15, -0.1) is 0 Å². The van der Waals surface area contributed by atoms with Crippen LogP contribution in [0.2, 0.25) is 0 Å². The fourth-order valence-electron chi connectivity index (χ4n) is 1.44. The monoisotopic (exact) mass is 141 g/mol. The van der Waals surface area contributed by atoms with Gasteiger partial charge in [-0.25, -0.2) is 0 Å². The highest BCUT2D eigenvalue weighted by atomic mass is 16.2. The zero-order chi connectivity index (χ0) is 7.56. The second kappa shape index (κ2) is 3.04. The van der Waals surface area contributed by atoms with E-state index in [0.29, 0.717) is 6.04 Å². The van der Waals surface area contributed by atoms with Crippen LogP contribution in [0, 0.1) is 0 Å². The van der Waals surface area contributed by atoms with Crippen molar-refractivity contribution in [3.63, 3.8) is 0 Å². The standard InChI is InChI=1S/C8H15NO/c1-3-9(7(2)10)8-5-4-6-8/h8H,3-6H2,1-2H3. The average Bonchev–Trinajstić information content (AvgIpc) is 1.76. The Kier molecular flexibility index (Phi) is 2.30. The Balaban J connectivity index is 2.39. The molecule has 0 aliphatic heterocycles. The van der Waals surface area contributed by atoms with Crippen molar-refractivity contribution < 1.29 is 4.79 Å². The third-order valence-electron chi connectivity index (χ3n) is 2.26. The summed E-state index contributed by atoms with van der Waals surface area (Å²) in [5.41, 5.74) is 0. The molecule has 1 saturated carbocycles. The molecule has 2 nitrogen and oxygen atoms in total. The molecule has 10 heavy (non-hydrogen) atoms. The van der Waals surface area contributed by atoms with Crippen LogP contribution in [0.5, 0.6) is 0 Å². The van der Waals surface area contributed by atoms with Gasteiger partial charge in [-0.3, -0.25) is 4.79 Å². The fraction of sp³-hybridized carbons (Fsp3) is 0.875. The predicted octanol–water partition coefficient (Wildman–Crippen LogP) is 1.41. The summed E-state index contributed by atoms with van der Waals surface area (Å²) in [6.45, 7) is 4.57. The van der Waals surface area contributed by atoms with Crippen molar-refractivity contribution in [1.29, 1.82) is 0 Å². The van der Waals surface area contributed by atoms with E-state index in [2.05, 4.69) is 0 Å². The molecule has 0 heterocycles. The van der Waals surface area contributed by atoms with Gasteiger partial charge in [0, 0.05) is 19.5 Å². The summed E-state index contributed by atoms with van der Waals surface area (Å²) in [7, 11) is 0. The van der Waals surface area contributed by atoms with Gasteiger partial charge in [0.15, 0.2) is 0 Å². The average molecular weight is 141 g/mol. The maximum atomic E-state index is 10.9. The maximum absolute atomic E-state index is 10.9. The Morgan fingerprint density at radius 1 is 1.60 bits per heavy atom. The van der Waals surface area contributed by atoms with Gasteiger partial charge >= 0.3 is 0 Å². The number of hydrogen-bond acceptors (Lipinski definition) is 1. The molecular weight excluding hydrogens is 126 g/mol. The molecule has 0 radical (unpaired) electrons. The first-order valence-electron chi connectivity index (χ1n) is 4.03. The van der Waals surface area contributed by atoms with Crippen LogP contribution in [0.4, 0.5) is 0 Å². The molecular formula is C8H15NO. The molecule has 2 heteroatoms. The van der Waals surface area contributed by atoms with E-state index in [0.717, 1.165) is 6.54 Å². The second-order valence-corrected chi connectivity index (χ2v) is 2.89. The lowest BCUT2D eigenvalue weighted by atomic mass is 9.91. The van der Waals surface area contributed by atoms with Gasteiger partial charge in [0.05, 0.1) is 0 Å². The molecule has 1 aliphatic rings. The largest absolute Gasteiger partial charge is 0.340 e. The van der Waals surface area contributed by atoms with Crippen LogP contribution in [-0.4, -0.2) is 23.4 Å². The Morgan fingerprint density at radius 3 is 2.30 bits per heavy atom. The van der Waals surface area contributed by atoms with Crippen molar-refractivity contribution in [2.45, 2.75) is 39.2 Å². The molecule has 0 N–H and O–H groups in total. The van der Waals surface area contributed by atoms with Crippen LogP contribution < -0.4 is 0 Å². The molecule has 58 valence electrons. The molecule has 1 rings (SSSR count). The number of rotatable bonds is 2. The minimum Gasteiger partial charge on any atom is -0.340 e. The van der Waals surface area contributed by atoms with Crippen molar-refractivity contribution in [1.82, 2.24) is 4.90 Å². The van der Waals surface area contributed by atoms with Gasteiger partial charge in [0.1, 0.15) is 0 Å². The molecule has 0 spiro atoms. The van der Waals surface area contributed by atoms with Gasteiger partial charge in [0.2, 0.25) is 5.91 Å². The Bertz CT molecular complexity index is 129. The molecule has 0 aromatic rings. The highest BCUT2D eigenvalue weighted by molar-refractivity contribution is 5.73. The molecule has 1 amide bonds. The lowest BCUT2D eigenvalue weighted by Gasteiger charge is -2.36. The van der Waals surface area contributed by atoms with Crippen LogP contribution in [-0.2, 0) is 4.79 Å². The first kappa shape index (κ1) is 7.58. The van der Waals surface area contributed by atoms with Crippen LogP contribution in [0.1, 0.15) is 33.1 Å². The van der Waals surface area contributed by atoms with Crippen molar-refractivity contribution in [2.75, 3.05) is 6.54 Å². The van der Waals surface area contributed by atoms with Gasteiger partial charge < -0.3 is 4.90 Å². The zero-order valence-electron chi connectivity index (χ0n) is 6.76. The SMILES string of the molecule is CCN(C(C)=O)C1CCC1. The first-order valence-corrected chi connectivity index (χ1v) is 4.03. The summed E-state index contributed by atoms with van der Waals surface area (Å²) in [6, 6.07) is 0.572. The smallest absolute Gasteiger partial charge is 0.219 e. The molecule has 1 fully saturated rings. The topological polar surface area (TPSA) is 20.3 Å². The molecule has 0 saturated heterocycles. The summed E-state index contributed by atoms with van der Waals surface area (Å²) in [5, 5.41) is 0. The van der Waals surface area contributed by atoms with E-state index in [1.165, 1.54) is 19.3 Å². The molecule has 0 atom stereocenters. The highest BCUT2D eigenvalue weighted by Gasteiger charge is 2.24. The number of carbonyl (C=O) groups is 1. The van der Waals surface area contributed by atoms with Crippen molar-refractivity contribution in [3.8, 4) is 0 Å². The fourth-order valence-corrected chi connectivity index (χ4v) is 1.44. The van der Waals surface area contributed by atoms with E-state index >= 15 is 0 Å². The van der Waals surface area contributed by atoms with Crippen LogP contribution in [0.15, 0.2) is 0 Å². The minimum absolute atomic E-state index is 0.229. The molecule has 0 aromatic carbocycles. The predicted molar refractivity (Wildman–Crippen MR) is 40.7 cm³/mol. The third-order valence-corrected chi connectivity index (χ3v) is 2.26. The quantitative estimate of drug-likeness (QED) is 0.569. The van der Waals surface area contributed by atoms with Crippen LogP contribution in [0.3, 0.4) is 0 Å². The van der Waals surface area contributed by atoms with Gasteiger partial charge in [-0.05, 0) is 26.2 Å². The first-order chi connectivity index (χ1) is 4.75. The van der Waals surface area contributed by atoms with E-state index in [-0.39, 0.29) is 5.91 Å². The van der Waals surface area contributed by atoms with Gasteiger partial charge in [0.25, 0.3) is 0 Å². The van der Waals surface area contributed by atoms with Crippen LogP contribution in [0.25, 0.3) is 0 Å². The summed E-state index contributed by atoms with van der Waals surface area (Å²) in [5.74, 6) is 0.229. The maximum Gasteiger partial charge on any atom is 0.219 e. The number of amides is 1. The van der Waals surface area contributed by atoms with Crippen molar-refractivity contribution in [3.05, 3.63) is 0 Å². The van der Waals surface area contributed by atoms with Crippen LogP contribution >= 0.6 is 0 Å². The summed E-state index contributed by atoms with van der Waals surface area (Å²) < 4.78 is 0. The lowest BCUT2D eigenvalue weighted by Crippen LogP contribution is -2.42. The summed E-state index contributed by atoms with van der Waals surface area (Å²) >= 11 is 0. The van der Waals surface area contributed by atoms with Crippen molar-refractivity contribution in [2.24, 2.45) is 0 Å².